The van der Waals surface area contributed by atoms with Crippen LogP contribution in [0.15, 0.2) is 29.2 Å². The van der Waals surface area contributed by atoms with Crippen molar-refractivity contribution in [3.63, 3.8) is 0 Å². The van der Waals surface area contributed by atoms with Crippen molar-refractivity contribution < 1.29 is 13.9 Å². The molecule has 0 bridgehead atoms. The summed E-state index contributed by atoms with van der Waals surface area (Å²) in [5, 5.41) is 3.71. The normalized spacial score (nSPS) is 18.2. The largest absolute Gasteiger partial charge is 0.458 e. The van der Waals surface area contributed by atoms with E-state index in [-0.39, 0.29) is 18.0 Å². The van der Waals surface area contributed by atoms with Crippen LogP contribution in [0.5, 0.6) is 6.01 Å². The van der Waals surface area contributed by atoms with Crippen molar-refractivity contribution in [2.75, 3.05) is 13.1 Å². The number of likely N-dealkylation sites (tertiary alicyclic amines) is 1. The van der Waals surface area contributed by atoms with Crippen LogP contribution in [0.4, 0.5) is 4.39 Å². The molecule has 0 spiro atoms. The van der Waals surface area contributed by atoms with E-state index < -0.39 is 5.82 Å². The molecule has 0 radical (unpaired) electrons. The summed E-state index contributed by atoms with van der Waals surface area (Å²) in [6, 6.07) is 1.95. The summed E-state index contributed by atoms with van der Waals surface area (Å²) in [4.78, 5) is 21.4. The highest BCUT2D eigenvalue weighted by Crippen LogP contribution is 2.18. The van der Waals surface area contributed by atoms with E-state index >= 15 is 0 Å². The highest BCUT2D eigenvalue weighted by Gasteiger charge is 2.28. The van der Waals surface area contributed by atoms with Gasteiger partial charge in [-0.15, -0.1) is 0 Å². The van der Waals surface area contributed by atoms with E-state index in [0.29, 0.717) is 18.7 Å². The minimum Gasteiger partial charge on any atom is -0.458 e. The van der Waals surface area contributed by atoms with Gasteiger partial charge < -0.3 is 9.64 Å². The SMILES string of the molecule is O=C(c1ccsc1)N1CC[C@H](Oc2ncc(F)cn2)C1. The number of rotatable bonds is 3. The average Bonchev–Trinajstić information content (AvgIpc) is 3.12. The van der Waals surface area contributed by atoms with E-state index in [4.69, 9.17) is 4.74 Å². The maximum atomic E-state index is 12.7. The first kappa shape index (κ1) is 13.0. The van der Waals surface area contributed by atoms with Gasteiger partial charge in [-0.2, -0.15) is 11.3 Å². The Morgan fingerprint density at radius 3 is 2.95 bits per heavy atom. The highest BCUT2D eigenvalue weighted by atomic mass is 32.1. The van der Waals surface area contributed by atoms with Crippen LogP contribution >= 0.6 is 11.3 Å². The number of hydrogen-bond acceptors (Lipinski definition) is 5. The maximum Gasteiger partial charge on any atom is 0.316 e. The van der Waals surface area contributed by atoms with E-state index in [1.54, 1.807) is 4.90 Å². The van der Waals surface area contributed by atoms with E-state index in [9.17, 15) is 9.18 Å². The van der Waals surface area contributed by atoms with Crippen LogP contribution in [0.2, 0.25) is 0 Å². The molecule has 5 nitrogen and oxygen atoms in total. The Labute approximate surface area is 119 Å². The first-order valence-corrected chi connectivity index (χ1v) is 7.12. The lowest BCUT2D eigenvalue weighted by atomic mass is 10.3. The molecule has 0 saturated carbocycles. The lowest BCUT2D eigenvalue weighted by molar-refractivity contribution is 0.0770. The molecule has 1 saturated heterocycles. The second-order valence-corrected chi connectivity index (χ2v) is 5.26. The second kappa shape index (κ2) is 5.54. The van der Waals surface area contributed by atoms with Gasteiger partial charge in [-0.25, -0.2) is 14.4 Å². The van der Waals surface area contributed by atoms with Gasteiger partial charge in [0.25, 0.3) is 5.91 Å². The first-order valence-electron chi connectivity index (χ1n) is 6.18. The van der Waals surface area contributed by atoms with Crippen LogP contribution in [0.3, 0.4) is 0 Å². The molecule has 1 atom stereocenters. The third kappa shape index (κ3) is 2.77. The van der Waals surface area contributed by atoms with Gasteiger partial charge in [-0.3, -0.25) is 4.79 Å². The minimum atomic E-state index is -0.502. The molecular formula is C13H12FN3O2S. The Morgan fingerprint density at radius 2 is 2.25 bits per heavy atom. The summed E-state index contributed by atoms with van der Waals surface area (Å²) in [5.41, 5.74) is 0.702. The Bertz CT molecular complexity index is 588. The van der Waals surface area contributed by atoms with Gasteiger partial charge in [0.2, 0.25) is 0 Å². The lowest BCUT2D eigenvalue weighted by Gasteiger charge is -2.15. The Balaban J connectivity index is 1.59. The third-order valence-electron chi connectivity index (χ3n) is 3.07. The molecular weight excluding hydrogens is 281 g/mol. The smallest absolute Gasteiger partial charge is 0.316 e. The van der Waals surface area contributed by atoms with E-state index in [1.165, 1.54) is 11.3 Å². The van der Waals surface area contributed by atoms with Crippen LogP contribution in [-0.4, -0.2) is 40.0 Å². The number of halogens is 1. The number of carbonyl (C=O) groups excluding carboxylic acids is 1. The van der Waals surface area contributed by atoms with Crippen molar-refractivity contribution in [1.82, 2.24) is 14.9 Å². The van der Waals surface area contributed by atoms with Crippen molar-refractivity contribution in [3.05, 3.63) is 40.6 Å². The fourth-order valence-electron chi connectivity index (χ4n) is 2.09. The number of carbonyl (C=O) groups is 1. The molecule has 0 unspecified atom stereocenters. The van der Waals surface area contributed by atoms with E-state index in [2.05, 4.69) is 9.97 Å². The Kier molecular flexibility index (Phi) is 3.60. The van der Waals surface area contributed by atoms with Crippen LogP contribution in [0.1, 0.15) is 16.8 Å². The predicted molar refractivity (Wildman–Crippen MR) is 71.2 cm³/mol. The third-order valence-corrected chi connectivity index (χ3v) is 3.75. The van der Waals surface area contributed by atoms with Gasteiger partial charge in [0.15, 0.2) is 5.82 Å². The zero-order valence-electron chi connectivity index (χ0n) is 10.5. The number of ether oxygens (including phenoxy) is 1. The van der Waals surface area contributed by atoms with Crippen molar-refractivity contribution in [2.24, 2.45) is 0 Å². The van der Waals surface area contributed by atoms with E-state index in [0.717, 1.165) is 18.8 Å². The average molecular weight is 293 g/mol. The van der Waals surface area contributed by atoms with Crippen LogP contribution in [0.25, 0.3) is 0 Å². The summed E-state index contributed by atoms with van der Waals surface area (Å²) >= 11 is 1.50. The molecule has 20 heavy (non-hydrogen) atoms. The zero-order valence-corrected chi connectivity index (χ0v) is 11.3. The maximum absolute atomic E-state index is 12.7. The van der Waals surface area contributed by atoms with E-state index in [1.807, 2.05) is 16.8 Å². The lowest BCUT2D eigenvalue weighted by Crippen LogP contribution is -2.30. The fourth-order valence-corrected chi connectivity index (χ4v) is 2.72. The topological polar surface area (TPSA) is 55.3 Å². The van der Waals surface area contributed by atoms with Crippen molar-refractivity contribution in [1.29, 1.82) is 0 Å². The summed E-state index contributed by atoms with van der Waals surface area (Å²) in [5.74, 6) is -0.490. The van der Waals surface area contributed by atoms with Crippen molar-refractivity contribution in [2.45, 2.75) is 12.5 Å². The molecule has 3 rings (SSSR count). The van der Waals surface area contributed by atoms with Gasteiger partial charge in [-0.05, 0) is 11.4 Å². The molecule has 2 aromatic rings. The Hall–Kier alpha value is -2.02. The van der Waals surface area contributed by atoms with Crippen molar-refractivity contribution in [3.8, 4) is 6.01 Å². The second-order valence-electron chi connectivity index (χ2n) is 4.48. The summed E-state index contributed by atoms with van der Waals surface area (Å²) in [7, 11) is 0. The molecule has 1 amide bonds. The zero-order chi connectivity index (χ0) is 13.9. The number of amides is 1. The van der Waals surface area contributed by atoms with Crippen LogP contribution in [-0.2, 0) is 0 Å². The van der Waals surface area contributed by atoms with Crippen molar-refractivity contribution >= 4 is 17.2 Å². The summed E-state index contributed by atoms with van der Waals surface area (Å²) in [6.07, 6.45) is 2.69. The summed E-state index contributed by atoms with van der Waals surface area (Å²) < 4.78 is 18.2. The molecule has 1 aliphatic rings. The molecule has 0 aromatic carbocycles. The van der Waals surface area contributed by atoms with Crippen LogP contribution < -0.4 is 4.74 Å². The molecule has 1 fully saturated rings. The quantitative estimate of drug-likeness (QED) is 0.868. The van der Waals surface area contributed by atoms with Gasteiger partial charge >= 0.3 is 6.01 Å². The van der Waals surface area contributed by atoms with Gasteiger partial charge in [0.1, 0.15) is 6.10 Å². The van der Waals surface area contributed by atoms with Gasteiger partial charge in [0, 0.05) is 18.3 Å². The summed E-state index contributed by atoms with van der Waals surface area (Å²) in [6.45, 7) is 1.13. The minimum absolute atomic E-state index is 0.0115. The van der Waals surface area contributed by atoms with Crippen LogP contribution in [0, 0.1) is 5.82 Å². The predicted octanol–water partition coefficient (Wildman–Crippen LogP) is 1.97. The Morgan fingerprint density at radius 1 is 1.45 bits per heavy atom. The monoisotopic (exact) mass is 293 g/mol. The molecule has 7 heteroatoms. The highest BCUT2D eigenvalue weighted by molar-refractivity contribution is 7.08. The first-order chi connectivity index (χ1) is 9.72. The van der Waals surface area contributed by atoms with Gasteiger partial charge in [0.05, 0.1) is 24.5 Å². The molecule has 2 aromatic heterocycles. The molecule has 104 valence electrons. The number of hydrogen-bond donors (Lipinski definition) is 0. The number of nitrogens with zero attached hydrogens (tertiary/aromatic N) is 3. The standard InChI is InChI=1S/C13H12FN3O2S/c14-10-5-15-13(16-6-10)19-11-1-3-17(7-11)12(18)9-2-4-20-8-9/h2,4-6,8,11H,1,3,7H2/t11-/m0/s1. The van der Waals surface area contributed by atoms with Gasteiger partial charge in [-0.1, -0.05) is 0 Å². The molecule has 0 aliphatic carbocycles. The molecule has 1 aliphatic heterocycles. The number of thiophene rings is 1. The molecule has 0 N–H and O–H groups in total. The fraction of sp³-hybridized carbons (Fsp3) is 0.308. The number of aromatic nitrogens is 2. The molecule has 3 heterocycles.